The summed E-state index contributed by atoms with van der Waals surface area (Å²) in [6.07, 6.45) is 0. The fourth-order valence-corrected chi connectivity index (χ4v) is 0. The highest BCUT2D eigenvalue weighted by atomic mass is 28.3. The third-order valence-electron chi connectivity index (χ3n) is 0. The summed E-state index contributed by atoms with van der Waals surface area (Å²) in [5.74, 6) is 0. The van der Waals surface area contributed by atoms with Gasteiger partial charge in [-0.25, -0.2) is 0 Å². The molecule has 0 aliphatic rings. The molecule has 0 bridgehead atoms. The van der Waals surface area contributed by atoms with Gasteiger partial charge in [-0.1, -0.05) is 0 Å². The van der Waals surface area contributed by atoms with Gasteiger partial charge in [0.15, 0.2) is 0 Å². The summed E-state index contributed by atoms with van der Waals surface area (Å²) in [6.45, 7) is 0. The Morgan fingerprint density at radius 3 is 0.529 bits per heavy atom. The van der Waals surface area contributed by atoms with Gasteiger partial charge in [-0.15, -0.1) is 0 Å². The summed E-state index contributed by atoms with van der Waals surface area (Å²) in [6, 6.07) is 0. The van der Waals surface area contributed by atoms with Crippen LogP contribution in [0.2, 0.25) is 0 Å². The van der Waals surface area contributed by atoms with Crippen LogP contribution < -0.4 is 0 Å². The van der Waals surface area contributed by atoms with Gasteiger partial charge in [0.05, 0.1) is 0 Å². The van der Waals surface area contributed by atoms with Gasteiger partial charge in [0, 0.05) is 0 Å². The Labute approximate surface area is 102 Å². The Kier molecular flexibility index (Phi) is 42.9. The minimum Gasteiger partial charge on any atom is -0.517 e. The zero-order valence-electron chi connectivity index (χ0n) is 6.93. The van der Waals surface area contributed by atoms with Gasteiger partial charge in [0.25, 0.3) is 0 Å². The molecule has 0 amide bonds. The third-order valence-corrected chi connectivity index (χ3v) is 0. The number of halogens is 4. The van der Waals surface area contributed by atoms with Crippen molar-refractivity contribution in [2.24, 2.45) is 0 Å². The molecule has 4 N–H and O–H groups in total. The molecule has 8 nitrogen and oxygen atoms in total. The largest absolute Gasteiger partial charge is 0.734 e. The molecule has 0 aliphatic carbocycles. The van der Waals surface area contributed by atoms with Gasteiger partial charge in [-0.05, 0) is 11.0 Å². The topological polar surface area (TPSA) is 149 Å². The molecule has 0 saturated carbocycles. The van der Waals surface area contributed by atoms with E-state index in [0.29, 0.717) is 0 Å². The van der Waals surface area contributed by atoms with Crippen LogP contribution in [0.15, 0.2) is 0 Å². The quantitative estimate of drug-likeness (QED) is 0.196. The molecular formula is H8F4O8Si5. The molecule has 0 atom stereocenters. The van der Waals surface area contributed by atoms with Crippen LogP contribution in [0.25, 0.3) is 0 Å². The fraction of sp³-hybridized carbons (Fsp3) is 0. The van der Waals surface area contributed by atoms with E-state index in [1.807, 2.05) is 0 Å². The van der Waals surface area contributed by atoms with E-state index in [1.165, 1.54) is 0 Å². The first kappa shape index (κ1) is 29.8. The zero-order chi connectivity index (χ0) is 14.3. The minimum atomic E-state index is -3.63. The molecule has 0 aromatic carbocycles. The zero-order valence-corrected chi connectivity index (χ0v) is 10.9. The first-order valence-electron chi connectivity index (χ1n) is 2.47. The Hall–Kier alpha value is -0.796. The summed E-state index contributed by atoms with van der Waals surface area (Å²) < 4.78 is 74.5. The summed E-state index contributed by atoms with van der Waals surface area (Å²) in [5, 5.41) is 0. The Balaban J connectivity index is -0.0000000369. The van der Waals surface area contributed by atoms with Crippen molar-refractivity contribution in [3.63, 3.8) is 0 Å². The fourth-order valence-electron chi connectivity index (χ4n) is 0. The second-order valence-electron chi connectivity index (χ2n) is 1.01. The van der Waals surface area contributed by atoms with Gasteiger partial charge < -0.3 is 19.2 Å². The van der Waals surface area contributed by atoms with Crippen molar-refractivity contribution in [2.75, 3.05) is 0 Å². The van der Waals surface area contributed by atoms with E-state index in [-0.39, 0.29) is 11.0 Å². The van der Waals surface area contributed by atoms with Crippen molar-refractivity contribution >= 4 is 48.0 Å². The van der Waals surface area contributed by atoms with Crippen molar-refractivity contribution in [2.45, 2.75) is 0 Å². The maximum absolute atomic E-state index is 10.1. The van der Waals surface area contributed by atoms with E-state index >= 15 is 0 Å². The van der Waals surface area contributed by atoms with E-state index in [9.17, 15) is 16.4 Å². The van der Waals surface area contributed by atoms with Crippen LogP contribution >= 0.6 is 0 Å². The summed E-state index contributed by atoms with van der Waals surface area (Å²) in [5.41, 5.74) is 0. The average Bonchev–Trinajstić information content (AvgIpc) is 1.76. The summed E-state index contributed by atoms with van der Waals surface area (Å²) in [7, 11) is -14.5. The molecule has 0 aromatic heterocycles. The van der Waals surface area contributed by atoms with Gasteiger partial charge in [0.1, 0.15) is 0 Å². The Bertz CT molecular complexity index is 166. The monoisotopic (exact) mass is 352 g/mol. The predicted molar refractivity (Wildman–Crippen MR) is 50.4 cm³/mol. The number of rotatable bonds is 0. The van der Waals surface area contributed by atoms with E-state index in [2.05, 4.69) is 0 Å². The van der Waals surface area contributed by atoms with E-state index < -0.39 is 37.0 Å². The van der Waals surface area contributed by atoms with E-state index in [0.717, 1.165) is 0 Å². The second kappa shape index (κ2) is 24.4. The highest BCUT2D eigenvalue weighted by molar-refractivity contribution is 6.23. The van der Waals surface area contributed by atoms with Crippen molar-refractivity contribution in [3.05, 3.63) is 0 Å². The van der Waals surface area contributed by atoms with Crippen molar-refractivity contribution in [1.29, 1.82) is 0 Å². The van der Waals surface area contributed by atoms with Crippen LogP contribution in [0.3, 0.4) is 0 Å². The smallest absolute Gasteiger partial charge is 0.517 e. The Morgan fingerprint density at radius 1 is 0.529 bits per heavy atom. The van der Waals surface area contributed by atoms with Crippen LogP contribution in [-0.2, 0) is 17.8 Å². The molecule has 0 unspecified atom stereocenters. The minimum absolute atomic E-state index is 0. The van der Waals surface area contributed by atoms with Crippen molar-refractivity contribution in [3.8, 4) is 0 Å². The molecule has 0 aromatic rings. The highest BCUT2D eigenvalue weighted by Crippen LogP contribution is 1.48. The predicted octanol–water partition coefficient (Wildman–Crippen LogP) is -4.00. The molecule has 17 heteroatoms. The average molecular weight is 352 g/mol. The normalized spacial score (nSPS) is 5.88. The second-order valence-corrected chi connectivity index (χ2v) is 3.04. The molecule has 104 valence electrons. The van der Waals surface area contributed by atoms with Crippen LogP contribution in [0.1, 0.15) is 0 Å². The summed E-state index contributed by atoms with van der Waals surface area (Å²) in [4.78, 5) is 27.7. The molecule has 0 rings (SSSR count). The van der Waals surface area contributed by atoms with Crippen LogP contribution in [-0.4, -0.2) is 67.2 Å². The molecule has 0 heterocycles. The lowest BCUT2D eigenvalue weighted by Gasteiger charge is -1.49. The standard InChI is InChI=1S/4FHO2Si.H4Si/c4*1-4(2)3;/h4*2H;1H4. The lowest BCUT2D eigenvalue weighted by atomic mass is 15.9. The lowest BCUT2D eigenvalue weighted by Crippen LogP contribution is -1.79. The van der Waals surface area contributed by atoms with E-state index in [1.54, 1.807) is 0 Å². The number of hydrogen-bond acceptors (Lipinski definition) is 4. The van der Waals surface area contributed by atoms with Crippen LogP contribution in [0, 0.1) is 0 Å². The van der Waals surface area contributed by atoms with Crippen LogP contribution in [0.4, 0.5) is 16.4 Å². The maximum Gasteiger partial charge on any atom is 0.734 e. The molecule has 0 saturated heterocycles. The van der Waals surface area contributed by atoms with E-state index in [4.69, 9.17) is 37.0 Å². The first-order chi connectivity index (χ1) is 6.93. The molecule has 0 spiro atoms. The Morgan fingerprint density at radius 2 is 0.529 bits per heavy atom. The molecule has 0 radical (unpaired) electrons. The van der Waals surface area contributed by atoms with Gasteiger partial charge >= 0.3 is 37.0 Å². The molecule has 0 aliphatic heterocycles. The van der Waals surface area contributed by atoms with Crippen LogP contribution in [0.5, 0.6) is 0 Å². The third kappa shape index (κ3) is 4190. The first-order valence-corrected chi connectivity index (χ1v) is 7.40. The molecular weight excluding hydrogens is 344 g/mol. The molecule has 17 heavy (non-hydrogen) atoms. The SMILES string of the molecule is O=[Si](O)F.O=[Si](O)F.O=[Si](O)F.O=[Si](O)F.[SiH4]. The summed E-state index contributed by atoms with van der Waals surface area (Å²) >= 11 is 0. The lowest BCUT2D eigenvalue weighted by molar-refractivity contribution is 0.388. The highest BCUT2D eigenvalue weighted by Gasteiger charge is 1.88. The van der Waals surface area contributed by atoms with Gasteiger partial charge in [0.2, 0.25) is 0 Å². The molecule has 0 fully saturated rings. The van der Waals surface area contributed by atoms with Gasteiger partial charge in [-0.3, -0.25) is 17.8 Å². The van der Waals surface area contributed by atoms with Crippen molar-refractivity contribution in [1.82, 2.24) is 0 Å². The van der Waals surface area contributed by atoms with Crippen molar-refractivity contribution < 1.29 is 53.5 Å². The van der Waals surface area contributed by atoms with Gasteiger partial charge in [-0.2, -0.15) is 16.4 Å². The maximum atomic E-state index is 10.1. The number of hydrogen-bond donors (Lipinski definition) is 4.